The molecule has 1 saturated carbocycles. The molecule has 1 unspecified atom stereocenters. The fraction of sp³-hybridized carbons (Fsp3) is 0.700. The Morgan fingerprint density at radius 1 is 1.76 bits per heavy atom. The summed E-state index contributed by atoms with van der Waals surface area (Å²) in [5.41, 5.74) is 0.861. The molecule has 0 amide bonds. The van der Waals surface area contributed by atoms with Crippen LogP contribution in [0, 0.1) is 0 Å². The number of thioether (sulfide) groups is 1. The minimum Gasteiger partial charge on any atom is -0.480 e. The zero-order valence-corrected chi connectivity index (χ0v) is 11.2. The van der Waals surface area contributed by atoms with E-state index < -0.39 is 11.5 Å². The molecule has 0 bridgehead atoms. The van der Waals surface area contributed by atoms with Crippen LogP contribution in [0.4, 0.5) is 0 Å². The molecule has 17 heavy (non-hydrogen) atoms. The van der Waals surface area contributed by atoms with Gasteiger partial charge < -0.3 is 5.11 Å². The van der Waals surface area contributed by atoms with Crippen molar-refractivity contribution >= 4 is 29.1 Å². The lowest BCUT2D eigenvalue weighted by Gasteiger charge is -2.26. The van der Waals surface area contributed by atoms with Crippen LogP contribution in [0.15, 0.2) is 9.85 Å². The highest BCUT2D eigenvalue weighted by atomic mass is 32.2. The smallest absolute Gasteiger partial charge is 0.323 e. The molecule has 0 spiro atoms. The zero-order chi connectivity index (χ0) is 12.3. The van der Waals surface area contributed by atoms with Crippen LogP contribution < -0.4 is 5.32 Å². The second-order valence-corrected chi connectivity index (χ2v) is 6.53. The van der Waals surface area contributed by atoms with E-state index in [0.29, 0.717) is 12.5 Å². The van der Waals surface area contributed by atoms with Crippen molar-refractivity contribution in [2.24, 2.45) is 0 Å². The number of nitrogens with one attached hydrogen (secondary N) is 1. The van der Waals surface area contributed by atoms with Crippen molar-refractivity contribution in [3.8, 4) is 0 Å². The molecular weight excluding hydrogens is 258 g/mol. The number of carbonyl (C=O) groups is 1. The van der Waals surface area contributed by atoms with Gasteiger partial charge in [0.25, 0.3) is 0 Å². The highest BCUT2D eigenvalue weighted by molar-refractivity contribution is 8.00. The summed E-state index contributed by atoms with van der Waals surface area (Å²) in [5.74, 6) is -0.0418. The molecule has 0 radical (unpaired) electrons. The van der Waals surface area contributed by atoms with Gasteiger partial charge in [-0.2, -0.15) is 0 Å². The molecule has 1 aliphatic carbocycles. The molecule has 94 valence electrons. The largest absolute Gasteiger partial charge is 0.480 e. The summed E-state index contributed by atoms with van der Waals surface area (Å²) >= 11 is 3.04. The van der Waals surface area contributed by atoms with Crippen LogP contribution in [0.25, 0.3) is 0 Å². The lowest BCUT2D eigenvalue weighted by atomic mass is 9.99. The first-order valence-corrected chi connectivity index (χ1v) is 7.37. The summed E-state index contributed by atoms with van der Waals surface area (Å²) < 4.78 is 0.893. The summed E-state index contributed by atoms with van der Waals surface area (Å²) in [6, 6.07) is 0.391. The fourth-order valence-corrected chi connectivity index (χ4v) is 3.21. The third-order valence-electron chi connectivity index (χ3n) is 2.74. The Kier molecular flexibility index (Phi) is 4.01. The number of carboxylic acid groups (broad SMARTS) is 1. The molecule has 7 heteroatoms. The Bertz CT molecular complexity index is 381. The van der Waals surface area contributed by atoms with Crippen molar-refractivity contribution in [1.82, 2.24) is 15.5 Å². The molecule has 1 atom stereocenters. The van der Waals surface area contributed by atoms with Crippen LogP contribution >= 0.6 is 23.1 Å². The fourth-order valence-electron chi connectivity index (χ4n) is 1.49. The number of aromatic nitrogens is 2. The van der Waals surface area contributed by atoms with E-state index in [1.807, 2.05) is 0 Å². The van der Waals surface area contributed by atoms with Gasteiger partial charge in [0.1, 0.15) is 11.0 Å². The summed E-state index contributed by atoms with van der Waals surface area (Å²) in [7, 11) is 0. The molecule has 5 nitrogen and oxygen atoms in total. The van der Waals surface area contributed by atoms with Crippen molar-refractivity contribution in [3.63, 3.8) is 0 Å². The monoisotopic (exact) mass is 273 g/mol. The van der Waals surface area contributed by atoms with Gasteiger partial charge in [0, 0.05) is 11.8 Å². The normalized spacial score (nSPS) is 18.9. The SMILES string of the molecule is CC(CCSc1nncs1)(NC1CC1)C(=O)O. The summed E-state index contributed by atoms with van der Waals surface area (Å²) in [4.78, 5) is 11.3. The molecule has 0 aliphatic heterocycles. The Hall–Kier alpha value is -0.660. The number of hydrogen-bond donors (Lipinski definition) is 2. The van der Waals surface area contributed by atoms with Gasteiger partial charge in [0.15, 0.2) is 4.34 Å². The Balaban J connectivity index is 1.82. The predicted molar refractivity (Wildman–Crippen MR) is 67.4 cm³/mol. The van der Waals surface area contributed by atoms with Crippen molar-refractivity contribution in [1.29, 1.82) is 0 Å². The Morgan fingerprint density at radius 2 is 2.53 bits per heavy atom. The van der Waals surface area contributed by atoms with E-state index in [2.05, 4.69) is 15.5 Å². The van der Waals surface area contributed by atoms with Crippen molar-refractivity contribution in [2.75, 3.05) is 5.75 Å². The van der Waals surface area contributed by atoms with Gasteiger partial charge in [0.05, 0.1) is 0 Å². The third kappa shape index (κ3) is 3.65. The summed E-state index contributed by atoms with van der Waals surface area (Å²) in [6.07, 6.45) is 2.77. The standard InChI is InChI=1S/C10H15N3O2S2/c1-10(8(14)15,12-7-2-3-7)4-5-16-9-13-11-6-17-9/h6-7,12H,2-5H2,1H3,(H,14,15). The van der Waals surface area contributed by atoms with Gasteiger partial charge in [-0.3, -0.25) is 10.1 Å². The van der Waals surface area contributed by atoms with E-state index in [1.165, 1.54) is 11.3 Å². The number of rotatable bonds is 7. The second kappa shape index (κ2) is 5.32. The lowest BCUT2D eigenvalue weighted by molar-refractivity contribution is -0.144. The van der Waals surface area contributed by atoms with Crippen molar-refractivity contribution in [2.45, 2.75) is 42.1 Å². The second-order valence-electron chi connectivity index (χ2n) is 4.36. The van der Waals surface area contributed by atoms with E-state index in [-0.39, 0.29) is 0 Å². The number of hydrogen-bond acceptors (Lipinski definition) is 6. The molecule has 0 saturated heterocycles. The molecule has 1 aromatic rings. The highest BCUT2D eigenvalue weighted by Crippen LogP contribution is 2.27. The lowest BCUT2D eigenvalue weighted by Crippen LogP contribution is -2.50. The molecule has 1 heterocycles. The minimum absolute atomic E-state index is 0.391. The van der Waals surface area contributed by atoms with Gasteiger partial charge in [0.2, 0.25) is 0 Å². The average Bonchev–Trinajstić information content (AvgIpc) is 2.93. The van der Waals surface area contributed by atoms with Crippen LogP contribution in [0.3, 0.4) is 0 Å². The number of nitrogens with zero attached hydrogens (tertiary/aromatic N) is 2. The maximum Gasteiger partial charge on any atom is 0.323 e. The Morgan fingerprint density at radius 3 is 3.06 bits per heavy atom. The van der Waals surface area contributed by atoms with Crippen molar-refractivity contribution in [3.05, 3.63) is 5.51 Å². The first-order valence-electron chi connectivity index (χ1n) is 5.50. The molecule has 1 aromatic heterocycles. The average molecular weight is 273 g/mol. The third-order valence-corrected chi connectivity index (χ3v) is 4.60. The topological polar surface area (TPSA) is 75.1 Å². The van der Waals surface area contributed by atoms with E-state index in [0.717, 1.165) is 22.9 Å². The van der Waals surface area contributed by atoms with E-state index in [9.17, 15) is 9.90 Å². The zero-order valence-electron chi connectivity index (χ0n) is 9.55. The quantitative estimate of drug-likeness (QED) is 0.735. The molecule has 1 fully saturated rings. The minimum atomic E-state index is -0.821. The molecular formula is C10H15N3O2S2. The van der Waals surface area contributed by atoms with E-state index in [1.54, 1.807) is 24.2 Å². The van der Waals surface area contributed by atoms with E-state index >= 15 is 0 Å². The number of carboxylic acids is 1. The molecule has 1 aliphatic rings. The van der Waals surface area contributed by atoms with Gasteiger partial charge in [-0.25, -0.2) is 0 Å². The van der Waals surface area contributed by atoms with Gasteiger partial charge >= 0.3 is 5.97 Å². The van der Waals surface area contributed by atoms with Crippen LogP contribution in [-0.2, 0) is 4.79 Å². The van der Waals surface area contributed by atoms with Gasteiger partial charge in [-0.1, -0.05) is 23.1 Å². The maximum atomic E-state index is 11.3. The van der Waals surface area contributed by atoms with E-state index in [4.69, 9.17) is 0 Å². The predicted octanol–water partition coefficient (Wildman–Crippen LogP) is 1.62. The summed E-state index contributed by atoms with van der Waals surface area (Å²) in [6.45, 7) is 1.76. The molecule has 2 rings (SSSR count). The van der Waals surface area contributed by atoms with Crippen LogP contribution in [0.5, 0.6) is 0 Å². The van der Waals surface area contributed by atoms with Crippen molar-refractivity contribution < 1.29 is 9.90 Å². The molecule has 2 N–H and O–H groups in total. The van der Waals surface area contributed by atoms with Crippen LogP contribution in [0.1, 0.15) is 26.2 Å². The summed E-state index contributed by atoms with van der Waals surface area (Å²) in [5, 5.41) is 20.1. The van der Waals surface area contributed by atoms with Crippen LogP contribution in [-0.4, -0.2) is 38.6 Å². The highest BCUT2D eigenvalue weighted by Gasteiger charge is 2.38. The first kappa shape index (κ1) is 12.8. The van der Waals surface area contributed by atoms with Gasteiger partial charge in [-0.15, -0.1) is 10.2 Å². The maximum absolute atomic E-state index is 11.3. The Labute approximate surface area is 108 Å². The van der Waals surface area contributed by atoms with Crippen LogP contribution in [0.2, 0.25) is 0 Å². The van der Waals surface area contributed by atoms with Gasteiger partial charge in [-0.05, 0) is 26.2 Å². The molecule has 0 aromatic carbocycles. The number of aliphatic carboxylic acids is 1. The first-order chi connectivity index (χ1) is 8.10.